The van der Waals surface area contributed by atoms with Crippen molar-refractivity contribution in [3.05, 3.63) is 58.5 Å². The minimum absolute atomic E-state index is 0.0320. The Bertz CT molecular complexity index is 890. The average molecular weight is 365 g/mol. The Morgan fingerprint density at radius 1 is 1.24 bits per heavy atom. The average Bonchev–Trinajstić information content (AvgIpc) is 2.57. The first-order valence-corrected chi connectivity index (χ1v) is 8.92. The fourth-order valence-corrected chi connectivity index (χ4v) is 3.35. The fraction of sp³-hybridized carbons (Fsp3) is 0.250. The number of ether oxygens (including phenoxy) is 1. The minimum atomic E-state index is -3.71. The molecule has 0 aliphatic carbocycles. The number of sulfonamides is 1. The van der Waals surface area contributed by atoms with Crippen LogP contribution in [0.15, 0.2) is 52.3 Å². The molecule has 3 N–H and O–H groups in total. The number of amides is 1. The molecule has 0 bridgehead atoms. The van der Waals surface area contributed by atoms with E-state index in [1.54, 1.807) is 13.0 Å². The van der Waals surface area contributed by atoms with Crippen LogP contribution in [0.4, 0.5) is 5.69 Å². The van der Waals surface area contributed by atoms with Gasteiger partial charge in [0, 0.05) is 24.9 Å². The molecule has 0 saturated carbocycles. The summed E-state index contributed by atoms with van der Waals surface area (Å²) in [4.78, 5) is 26.2. The second kappa shape index (κ2) is 8.06. The van der Waals surface area contributed by atoms with E-state index in [4.69, 9.17) is 4.74 Å². The van der Waals surface area contributed by atoms with E-state index in [-0.39, 0.29) is 28.8 Å². The molecule has 0 radical (unpaired) electrons. The van der Waals surface area contributed by atoms with E-state index in [2.05, 4.69) is 15.0 Å². The summed E-state index contributed by atoms with van der Waals surface area (Å²) >= 11 is 0. The maximum absolute atomic E-state index is 12.2. The molecule has 134 valence electrons. The largest absolute Gasteiger partial charge is 0.383 e. The summed E-state index contributed by atoms with van der Waals surface area (Å²) in [5.41, 5.74) is -0.0854. The minimum Gasteiger partial charge on any atom is -0.383 e. The lowest BCUT2D eigenvalue weighted by Gasteiger charge is -2.13. The number of aromatic nitrogens is 1. The van der Waals surface area contributed by atoms with E-state index < -0.39 is 21.5 Å². The summed E-state index contributed by atoms with van der Waals surface area (Å²) in [5, 5.41) is 2.47. The molecule has 1 aromatic heterocycles. The van der Waals surface area contributed by atoms with Gasteiger partial charge in [-0.15, -0.1) is 0 Å². The summed E-state index contributed by atoms with van der Waals surface area (Å²) in [6, 6.07) is 8.07. The van der Waals surface area contributed by atoms with Gasteiger partial charge in [-0.1, -0.05) is 0 Å². The number of anilines is 1. The second-order valence-corrected chi connectivity index (χ2v) is 7.08. The molecule has 0 unspecified atom stereocenters. The van der Waals surface area contributed by atoms with E-state index in [0.29, 0.717) is 0 Å². The molecule has 1 heterocycles. The first kappa shape index (κ1) is 18.8. The van der Waals surface area contributed by atoms with E-state index in [0.717, 1.165) is 0 Å². The SMILES string of the molecule is COC[C@H](C)NS(=O)(=O)c1ccc(C(=O)Nc2ccc[nH]c2=O)cc1. The molecule has 0 fully saturated rings. The van der Waals surface area contributed by atoms with Gasteiger partial charge in [-0.2, -0.15) is 0 Å². The highest BCUT2D eigenvalue weighted by Crippen LogP contribution is 2.12. The lowest BCUT2D eigenvalue weighted by Crippen LogP contribution is -2.35. The molecule has 9 heteroatoms. The topological polar surface area (TPSA) is 117 Å². The van der Waals surface area contributed by atoms with Crippen LogP contribution in [0, 0.1) is 0 Å². The first-order chi connectivity index (χ1) is 11.8. The number of H-pyrrole nitrogens is 1. The van der Waals surface area contributed by atoms with Crippen LogP contribution in [0.1, 0.15) is 17.3 Å². The fourth-order valence-electron chi connectivity index (χ4n) is 2.12. The Morgan fingerprint density at radius 2 is 1.92 bits per heavy atom. The van der Waals surface area contributed by atoms with Gasteiger partial charge in [0.25, 0.3) is 11.5 Å². The van der Waals surface area contributed by atoms with Crippen LogP contribution >= 0.6 is 0 Å². The third-order valence-electron chi connectivity index (χ3n) is 3.27. The highest BCUT2D eigenvalue weighted by Gasteiger charge is 2.18. The number of hydrogen-bond donors (Lipinski definition) is 3. The third-order valence-corrected chi connectivity index (χ3v) is 4.87. The number of aromatic amines is 1. The van der Waals surface area contributed by atoms with Crippen molar-refractivity contribution in [3.63, 3.8) is 0 Å². The number of nitrogens with one attached hydrogen (secondary N) is 3. The van der Waals surface area contributed by atoms with Crippen molar-refractivity contribution in [3.8, 4) is 0 Å². The number of carbonyl (C=O) groups is 1. The molecule has 1 amide bonds. The maximum Gasteiger partial charge on any atom is 0.271 e. The van der Waals surface area contributed by atoms with Gasteiger partial charge < -0.3 is 15.0 Å². The van der Waals surface area contributed by atoms with Gasteiger partial charge in [0.15, 0.2) is 0 Å². The Kier molecular flexibility index (Phi) is 6.07. The lowest BCUT2D eigenvalue weighted by atomic mass is 10.2. The van der Waals surface area contributed by atoms with E-state index in [1.165, 1.54) is 43.6 Å². The Morgan fingerprint density at radius 3 is 2.52 bits per heavy atom. The molecule has 0 aliphatic heterocycles. The van der Waals surface area contributed by atoms with Gasteiger partial charge in [0.1, 0.15) is 5.69 Å². The van der Waals surface area contributed by atoms with Gasteiger partial charge in [-0.3, -0.25) is 9.59 Å². The van der Waals surface area contributed by atoms with Crippen molar-refractivity contribution in [2.75, 3.05) is 19.0 Å². The van der Waals surface area contributed by atoms with Crippen LogP contribution in [0.3, 0.4) is 0 Å². The summed E-state index contributed by atoms with van der Waals surface area (Å²) in [6.45, 7) is 1.92. The van der Waals surface area contributed by atoms with Gasteiger partial charge in [0.05, 0.1) is 11.5 Å². The van der Waals surface area contributed by atoms with Gasteiger partial charge >= 0.3 is 0 Å². The maximum atomic E-state index is 12.2. The van der Waals surface area contributed by atoms with Crippen molar-refractivity contribution in [2.45, 2.75) is 17.9 Å². The number of benzene rings is 1. The molecule has 2 aromatic rings. The summed E-state index contributed by atoms with van der Waals surface area (Å²) in [5.74, 6) is -0.513. The molecule has 0 spiro atoms. The van der Waals surface area contributed by atoms with Crippen molar-refractivity contribution >= 4 is 21.6 Å². The summed E-state index contributed by atoms with van der Waals surface area (Å²) in [7, 11) is -2.22. The van der Waals surface area contributed by atoms with E-state index in [1.807, 2.05) is 0 Å². The predicted octanol–water partition coefficient (Wildman–Crippen LogP) is 0.940. The summed E-state index contributed by atoms with van der Waals surface area (Å²) < 4.78 is 31.8. The molecule has 0 aliphatic rings. The first-order valence-electron chi connectivity index (χ1n) is 7.44. The van der Waals surface area contributed by atoms with Crippen LogP contribution in [0.2, 0.25) is 0 Å². The van der Waals surface area contributed by atoms with Crippen molar-refractivity contribution in [2.24, 2.45) is 0 Å². The van der Waals surface area contributed by atoms with Gasteiger partial charge in [0.2, 0.25) is 10.0 Å². The zero-order valence-corrected chi connectivity index (χ0v) is 14.6. The highest BCUT2D eigenvalue weighted by molar-refractivity contribution is 7.89. The molecule has 25 heavy (non-hydrogen) atoms. The summed E-state index contributed by atoms with van der Waals surface area (Å²) in [6.07, 6.45) is 1.45. The van der Waals surface area contributed by atoms with Crippen molar-refractivity contribution in [1.29, 1.82) is 0 Å². The standard InChI is InChI=1S/C16H19N3O5S/c1-11(10-24-2)19-25(22,23)13-7-5-12(6-8-13)15(20)18-14-4-3-9-17-16(14)21/h3-9,11,19H,10H2,1-2H3,(H,17,21)(H,18,20)/t11-/m0/s1. The number of hydrogen-bond acceptors (Lipinski definition) is 5. The number of pyridine rings is 1. The molecule has 2 rings (SSSR count). The molecular formula is C16H19N3O5S. The Labute approximate surface area is 145 Å². The highest BCUT2D eigenvalue weighted by atomic mass is 32.2. The molecule has 1 atom stereocenters. The number of carbonyl (C=O) groups excluding carboxylic acids is 1. The lowest BCUT2D eigenvalue weighted by molar-refractivity contribution is 0.102. The molecule has 8 nitrogen and oxygen atoms in total. The van der Waals surface area contributed by atoms with Gasteiger partial charge in [-0.05, 0) is 43.3 Å². The van der Waals surface area contributed by atoms with Crippen molar-refractivity contribution < 1.29 is 17.9 Å². The van der Waals surface area contributed by atoms with Crippen LogP contribution in [0.25, 0.3) is 0 Å². The van der Waals surface area contributed by atoms with Crippen LogP contribution in [-0.2, 0) is 14.8 Å². The van der Waals surface area contributed by atoms with Crippen molar-refractivity contribution in [1.82, 2.24) is 9.71 Å². The Balaban J connectivity index is 2.12. The molecular weight excluding hydrogens is 346 g/mol. The zero-order chi connectivity index (χ0) is 18.4. The van der Waals surface area contributed by atoms with Gasteiger partial charge in [-0.25, -0.2) is 13.1 Å². The Hall–Kier alpha value is -2.49. The normalized spacial score (nSPS) is 12.6. The van der Waals surface area contributed by atoms with Crippen LogP contribution in [0.5, 0.6) is 0 Å². The molecule has 0 saturated heterocycles. The van der Waals surface area contributed by atoms with E-state index >= 15 is 0 Å². The molecule has 1 aromatic carbocycles. The quantitative estimate of drug-likeness (QED) is 0.675. The van der Waals surface area contributed by atoms with Crippen LogP contribution in [-0.4, -0.2) is 39.1 Å². The predicted molar refractivity (Wildman–Crippen MR) is 93.1 cm³/mol. The number of rotatable bonds is 7. The smallest absolute Gasteiger partial charge is 0.271 e. The second-order valence-electron chi connectivity index (χ2n) is 5.37. The third kappa shape index (κ3) is 4.99. The van der Waals surface area contributed by atoms with E-state index in [9.17, 15) is 18.0 Å². The van der Waals surface area contributed by atoms with Crippen LogP contribution < -0.4 is 15.6 Å². The zero-order valence-electron chi connectivity index (χ0n) is 13.8. The number of methoxy groups -OCH3 is 1. The monoisotopic (exact) mass is 365 g/mol.